The smallest absolute Gasteiger partial charge is 0.355 e. The van der Waals surface area contributed by atoms with Crippen molar-refractivity contribution < 1.29 is 0 Å². The van der Waals surface area contributed by atoms with Crippen LogP contribution in [0.3, 0.4) is 0 Å². The molecule has 2 aromatic heterocycles. The number of hydrogen-bond donors (Lipinski definition) is 1. The number of halogens is 1. The topological polar surface area (TPSA) is 66.3 Å². The molecule has 3 rings (SSSR count). The number of fused-ring (bicyclic) bond motifs is 1. The van der Waals surface area contributed by atoms with E-state index < -0.39 is 0 Å². The van der Waals surface area contributed by atoms with Crippen LogP contribution in [0.25, 0.3) is 5.65 Å². The molecule has 0 amide bonds. The van der Waals surface area contributed by atoms with E-state index in [4.69, 9.17) is 0 Å². The number of alkyl halides is 1. The van der Waals surface area contributed by atoms with Gasteiger partial charge in [0.1, 0.15) is 5.82 Å². The summed E-state index contributed by atoms with van der Waals surface area (Å²) in [5.41, 5.74) is 0.257. The largest absolute Gasteiger partial charge is 0.364 e. The Kier molecular flexibility index (Phi) is 2.62. The van der Waals surface area contributed by atoms with Crippen molar-refractivity contribution in [1.29, 1.82) is 0 Å². The first-order valence-electron chi connectivity index (χ1n) is 5.53. The molecule has 1 N–H and O–H groups in total. The molecule has 1 aliphatic rings. The van der Waals surface area contributed by atoms with Crippen molar-refractivity contribution in [2.24, 2.45) is 5.92 Å². The maximum absolute atomic E-state index is 11.4. The molecule has 0 bridgehead atoms. The Hall–Kier alpha value is -1.37. The zero-order valence-electron chi connectivity index (χ0n) is 9.14. The zero-order chi connectivity index (χ0) is 11.8. The van der Waals surface area contributed by atoms with Crippen molar-refractivity contribution in [1.82, 2.24) is 19.8 Å². The van der Waals surface area contributed by atoms with Crippen LogP contribution >= 0.6 is 15.9 Å². The van der Waals surface area contributed by atoms with Crippen LogP contribution in [0.2, 0.25) is 0 Å². The highest BCUT2D eigenvalue weighted by molar-refractivity contribution is 9.09. The molecular formula is C10H12BrN5O. The van der Waals surface area contributed by atoms with Crippen LogP contribution in [-0.2, 0) is 0 Å². The van der Waals surface area contributed by atoms with Crippen LogP contribution in [0.5, 0.6) is 0 Å². The van der Waals surface area contributed by atoms with E-state index in [2.05, 4.69) is 36.1 Å². The monoisotopic (exact) mass is 297 g/mol. The van der Waals surface area contributed by atoms with Crippen molar-refractivity contribution in [2.45, 2.75) is 6.42 Å². The minimum atomic E-state index is -0.293. The van der Waals surface area contributed by atoms with Gasteiger partial charge >= 0.3 is 5.69 Å². The van der Waals surface area contributed by atoms with Crippen LogP contribution in [0.4, 0.5) is 5.82 Å². The summed E-state index contributed by atoms with van der Waals surface area (Å²) in [6.07, 6.45) is 1.16. The molecule has 90 valence electrons. The lowest BCUT2D eigenvalue weighted by molar-refractivity contribution is 0.674. The van der Waals surface area contributed by atoms with Crippen LogP contribution < -0.4 is 10.6 Å². The Morgan fingerprint density at radius 2 is 2.41 bits per heavy atom. The molecule has 0 radical (unpaired) electrons. The van der Waals surface area contributed by atoms with Gasteiger partial charge in [0.2, 0.25) is 0 Å². The van der Waals surface area contributed by atoms with Crippen molar-refractivity contribution in [2.75, 3.05) is 23.3 Å². The number of H-pyrrole nitrogens is 1. The van der Waals surface area contributed by atoms with Crippen LogP contribution in [0, 0.1) is 5.92 Å². The molecule has 0 spiro atoms. The Morgan fingerprint density at radius 3 is 3.18 bits per heavy atom. The van der Waals surface area contributed by atoms with E-state index in [0.29, 0.717) is 11.6 Å². The van der Waals surface area contributed by atoms with Crippen molar-refractivity contribution in [3.8, 4) is 0 Å². The summed E-state index contributed by atoms with van der Waals surface area (Å²) in [4.78, 5) is 13.6. The summed E-state index contributed by atoms with van der Waals surface area (Å²) in [6, 6.07) is 3.72. The second-order valence-corrected chi connectivity index (χ2v) is 4.89. The molecular weight excluding hydrogens is 286 g/mol. The van der Waals surface area contributed by atoms with E-state index in [-0.39, 0.29) is 5.69 Å². The SMILES string of the molecule is O=c1[nH]nc2ccc(N3CCC(CBr)C3)nn12. The minimum absolute atomic E-state index is 0.293. The molecule has 7 heteroatoms. The van der Waals surface area contributed by atoms with Gasteiger partial charge in [-0.05, 0) is 24.5 Å². The molecule has 2 aromatic rings. The van der Waals surface area contributed by atoms with Gasteiger partial charge in [0.25, 0.3) is 0 Å². The first-order valence-corrected chi connectivity index (χ1v) is 6.65. The molecule has 0 aromatic carbocycles. The number of hydrogen-bond acceptors (Lipinski definition) is 4. The number of aromatic nitrogens is 4. The standard InChI is InChI=1S/C10H12BrN5O/c11-5-7-3-4-15(6-7)9-2-1-8-12-13-10(17)16(8)14-9/h1-2,7H,3-6H2,(H,13,17). The number of nitrogens with one attached hydrogen (secondary N) is 1. The molecule has 6 nitrogen and oxygen atoms in total. The summed E-state index contributed by atoms with van der Waals surface area (Å²) in [6.45, 7) is 1.97. The lowest BCUT2D eigenvalue weighted by atomic mass is 10.2. The van der Waals surface area contributed by atoms with Crippen molar-refractivity contribution >= 4 is 27.4 Å². The van der Waals surface area contributed by atoms with E-state index >= 15 is 0 Å². The highest BCUT2D eigenvalue weighted by Gasteiger charge is 2.22. The number of rotatable bonds is 2. The summed E-state index contributed by atoms with van der Waals surface area (Å²) in [5, 5.41) is 11.6. The third kappa shape index (κ3) is 1.84. The fourth-order valence-electron chi connectivity index (χ4n) is 2.13. The number of anilines is 1. The highest BCUT2D eigenvalue weighted by Crippen LogP contribution is 2.22. The van der Waals surface area contributed by atoms with Crippen molar-refractivity contribution in [3.63, 3.8) is 0 Å². The molecule has 1 fully saturated rings. The van der Waals surface area contributed by atoms with Crippen molar-refractivity contribution in [3.05, 3.63) is 22.6 Å². The lowest BCUT2D eigenvalue weighted by Gasteiger charge is -2.16. The molecule has 0 saturated carbocycles. The first kappa shape index (κ1) is 10.8. The summed E-state index contributed by atoms with van der Waals surface area (Å²) in [7, 11) is 0. The zero-order valence-corrected chi connectivity index (χ0v) is 10.7. The molecule has 1 unspecified atom stereocenters. The van der Waals surface area contributed by atoms with Gasteiger partial charge in [0.15, 0.2) is 5.65 Å². The molecule has 17 heavy (non-hydrogen) atoms. The molecule has 1 aliphatic heterocycles. The third-order valence-electron chi connectivity index (χ3n) is 3.09. The van der Waals surface area contributed by atoms with Gasteiger partial charge in [-0.25, -0.2) is 9.89 Å². The molecule has 0 aliphatic carbocycles. The molecule has 1 saturated heterocycles. The Bertz CT molecular complexity index is 592. The maximum Gasteiger partial charge on any atom is 0.364 e. The van der Waals surface area contributed by atoms with Gasteiger partial charge in [-0.2, -0.15) is 9.61 Å². The Balaban J connectivity index is 1.95. The normalized spacial score (nSPS) is 20.3. The Morgan fingerprint density at radius 1 is 1.53 bits per heavy atom. The third-order valence-corrected chi connectivity index (χ3v) is 4.00. The number of nitrogens with zero attached hydrogens (tertiary/aromatic N) is 4. The van der Waals surface area contributed by atoms with Gasteiger partial charge in [0, 0.05) is 18.4 Å². The molecule has 3 heterocycles. The molecule has 1 atom stereocenters. The first-order chi connectivity index (χ1) is 8.28. The fourth-order valence-corrected chi connectivity index (χ4v) is 2.66. The number of aromatic amines is 1. The van der Waals surface area contributed by atoms with E-state index in [9.17, 15) is 4.79 Å². The van der Waals surface area contributed by atoms with Gasteiger partial charge in [-0.3, -0.25) is 0 Å². The minimum Gasteiger partial charge on any atom is -0.355 e. The fraction of sp³-hybridized carbons (Fsp3) is 0.500. The van der Waals surface area contributed by atoms with E-state index in [1.54, 1.807) is 0 Å². The Labute approximate surface area is 106 Å². The summed E-state index contributed by atoms with van der Waals surface area (Å²) in [5.74, 6) is 1.50. The van der Waals surface area contributed by atoms with E-state index in [0.717, 1.165) is 30.7 Å². The van der Waals surface area contributed by atoms with Gasteiger partial charge in [-0.1, -0.05) is 15.9 Å². The van der Waals surface area contributed by atoms with Gasteiger partial charge in [-0.15, -0.1) is 5.10 Å². The second kappa shape index (κ2) is 4.14. The maximum atomic E-state index is 11.4. The predicted molar refractivity (Wildman–Crippen MR) is 67.7 cm³/mol. The summed E-state index contributed by atoms with van der Waals surface area (Å²) < 4.78 is 1.30. The van der Waals surface area contributed by atoms with Crippen LogP contribution in [0.15, 0.2) is 16.9 Å². The van der Waals surface area contributed by atoms with E-state index in [1.165, 1.54) is 4.52 Å². The summed E-state index contributed by atoms with van der Waals surface area (Å²) >= 11 is 3.50. The van der Waals surface area contributed by atoms with Crippen LogP contribution in [-0.4, -0.2) is 38.2 Å². The van der Waals surface area contributed by atoms with Gasteiger partial charge in [0.05, 0.1) is 0 Å². The lowest BCUT2D eigenvalue weighted by Crippen LogP contribution is -2.23. The van der Waals surface area contributed by atoms with Gasteiger partial charge < -0.3 is 4.90 Å². The average molecular weight is 298 g/mol. The quantitative estimate of drug-likeness (QED) is 0.826. The van der Waals surface area contributed by atoms with Crippen LogP contribution in [0.1, 0.15) is 6.42 Å². The second-order valence-electron chi connectivity index (χ2n) is 4.25. The predicted octanol–water partition coefficient (Wildman–Crippen LogP) is 0.639. The van der Waals surface area contributed by atoms with E-state index in [1.807, 2.05) is 12.1 Å². The average Bonchev–Trinajstić information content (AvgIpc) is 2.96. The highest BCUT2D eigenvalue weighted by atomic mass is 79.9.